The molecule has 0 bridgehead atoms. The number of carbonyl (C=O) groups excluding carboxylic acids is 1. The summed E-state index contributed by atoms with van der Waals surface area (Å²) >= 11 is 0. The van der Waals surface area contributed by atoms with Crippen molar-refractivity contribution < 1.29 is 13.9 Å². The fourth-order valence-electron chi connectivity index (χ4n) is 2.28. The molecule has 130 valence electrons. The molecule has 1 aromatic carbocycles. The zero-order valence-corrected chi connectivity index (χ0v) is 14.3. The molecular formula is C16H18Cl2FN3O2. The number of halogens is 3. The SMILES string of the molecule is Cl.Cl.O=C(Nc1ccc(Oc2ccc(F)cc2)nc1)C1CCCN1. The second kappa shape index (κ2) is 9.42. The van der Waals surface area contributed by atoms with Crippen molar-refractivity contribution in [3.8, 4) is 11.6 Å². The van der Waals surface area contributed by atoms with E-state index in [-0.39, 0.29) is 42.6 Å². The molecule has 8 heteroatoms. The first-order valence-electron chi connectivity index (χ1n) is 7.14. The monoisotopic (exact) mass is 373 g/mol. The average molecular weight is 374 g/mol. The largest absolute Gasteiger partial charge is 0.439 e. The van der Waals surface area contributed by atoms with Crippen LogP contribution in [0.2, 0.25) is 0 Å². The van der Waals surface area contributed by atoms with Gasteiger partial charge in [-0.1, -0.05) is 0 Å². The molecule has 1 atom stereocenters. The van der Waals surface area contributed by atoms with Crippen molar-refractivity contribution in [2.75, 3.05) is 11.9 Å². The van der Waals surface area contributed by atoms with Gasteiger partial charge in [0.05, 0.1) is 17.9 Å². The third-order valence-corrected chi connectivity index (χ3v) is 3.42. The van der Waals surface area contributed by atoms with Crippen LogP contribution in [0.5, 0.6) is 11.6 Å². The van der Waals surface area contributed by atoms with E-state index in [4.69, 9.17) is 4.74 Å². The van der Waals surface area contributed by atoms with Crippen LogP contribution in [0.3, 0.4) is 0 Å². The predicted octanol–water partition coefficient (Wildman–Crippen LogP) is 3.55. The summed E-state index contributed by atoms with van der Waals surface area (Å²) in [5.41, 5.74) is 0.616. The normalized spacial score (nSPS) is 15.8. The van der Waals surface area contributed by atoms with Gasteiger partial charge in [0, 0.05) is 6.07 Å². The minimum absolute atomic E-state index is 0. The zero-order valence-electron chi connectivity index (χ0n) is 12.7. The molecule has 1 aliphatic heterocycles. The van der Waals surface area contributed by atoms with Crippen molar-refractivity contribution in [3.05, 3.63) is 48.4 Å². The molecule has 0 saturated carbocycles. The van der Waals surface area contributed by atoms with Crippen LogP contribution in [-0.2, 0) is 4.79 Å². The summed E-state index contributed by atoms with van der Waals surface area (Å²) in [6.45, 7) is 0.876. The van der Waals surface area contributed by atoms with Crippen molar-refractivity contribution in [1.29, 1.82) is 0 Å². The van der Waals surface area contributed by atoms with E-state index in [1.54, 1.807) is 12.1 Å². The Morgan fingerprint density at radius 2 is 1.96 bits per heavy atom. The van der Waals surface area contributed by atoms with Gasteiger partial charge in [-0.05, 0) is 49.7 Å². The highest BCUT2D eigenvalue weighted by Gasteiger charge is 2.21. The highest BCUT2D eigenvalue weighted by Crippen LogP contribution is 2.20. The van der Waals surface area contributed by atoms with E-state index in [2.05, 4.69) is 15.6 Å². The van der Waals surface area contributed by atoms with Gasteiger partial charge in [-0.25, -0.2) is 9.37 Å². The molecule has 1 fully saturated rings. The summed E-state index contributed by atoms with van der Waals surface area (Å²) in [7, 11) is 0. The number of carbonyl (C=O) groups is 1. The molecule has 5 nitrogen and oxygen atoms in total. The van der Waals surface area contributed by atoms with Gasteiger partial charge in [0.15, 0.2) is 0 Å². The number of rotatable bonds is 4. The second-order valence-electron chi connectivity index (χ2n) is 5.08. The second-order valence-corrected chi connectivity index (χ2v) is 5.08. The van der Waals surface area contributed by atoms with Crippen molar-refractivity contribution >= 4 is 36.4 Å². The minimum atomic E-state index is -0.320. The maximum absolute atomic E-state index is 12.8. The Kier molecular flexibility index (Phi) is 7.91. The maximum atomic E-state index is 12.8. The van der Waals surface area contributed by atoms with Crippen LogP contribution in [0.25, 0.3) is 0 Å². The molecule has 2 N–H and O–H groups in total. The Balaban J connectivity index is 0.00000144. The van der Waals surface area contributed by atoms with Gasteiger partial charge in [-0.2, -0.15) is 0 Å². The Morgan fingerprint density at radius 3 is 2.54 bits per heavy atom. The molecule has 1 aliphatic rings. The van der Waals surface area contributed by atoms with E-state index in [0.29, 0.717) is 17.3 Å². The molecular weight excluding hydrogens is 356 g/mol. The van der Waals surface area contributed by atoms with Gasteiger partial charge in [-0.15, -0.1) is 24.8 Å². The molecule has 0 aliphatic carbocycles. The molecule has 1 amide bonds. The number of pyridine rings is 1. The number of aromatic nitrogens is 1. The summed E-state index contributed by atoms with van der Waals surface area (Å²) in [6.07, 6.45) is 3.40. The fourth-order valence-corrected chi connectivity index (χ4v) is 2.28. The van der Waals surface area contributed by atoms with E-state index in [1.807, 2.05) is 0 Å². The molecule has 1 aromatic heterocycles. The van der Waals surface area contributed by atoms with Gasteiger partial charge < -0.3 is 15.4 Å². The number of amides is 1. The van der Waals surface area contributed by atoms with Crippen molar-refractivity contribution in [1.82, 2.24) is 10.3 Å². The summed E-state index contributed by atoms with van der Waals surface area (Å²) in [5, 5.41) is 5.95. The van der Waals surface area contributed by atoms with Crippen molar-refractivity contribution in [2.45, 2.75) is 18.9 Å². The van der Waals surface area contributed by atoms with Crippen LogP contribution in [0.15, 0.2) is 42.6 Å². The number of hydrogen-bond donors (Lipinski definition) is 2. The molecule has 1 unspecified atom stereocenters. The lowest BCUT2D eigenvalue weighted by atomic mass is 10.2. The third-order valence-electron chi connectivity index (χ3n) is 3.42. The summed E-state index contributed by atoms with van der Waals surface area (Å²) in [4.78, 5) is 16.1. The molecule has 24 heavy (non-hydrogen) atoms. The lowest BCUT2D eigenvalue weighted by molar-refractivity contribution is -0.117. The number of anilines is 1. The Labute approximate surface area is 151 Å². The summed E-state index contributed by atoms with van der Waals surface area (Å²) in [5.74, 6) is 0.509. The topological polar surface area (TPSA) is 63.2 Å². The van der Waals surface area contributed by atoms with Gasteiger partial charge in [0.25, 0.3) is 0 Å². The minimum Gasteiger partial charge on any atom is -0.439 e. The lowest BCUT2D eigenvalue weighted by Crippen LogP contribution is -2.35. The molecule has 3 rings (SSSR count). The molecule has 0 spiro atoms. The Bertz CT molecular complexity index is 647. The van der Waals surface area contributed by atoms with Crippen LogP contribution in [0, 0.1) is 5.82 Å². The summed E-state index contributed by atoms with van der Waals surface area (Å²) in [6, 6.07) is 8.93. The van der Waals surface area contributed by atoms with E-state index in [0.717, 1.165) is 19.4 Å². The predicted molar refractivity (Wildman–Crippen MR) is 94.9 cm³/mol. The Hall–Kier alpha value is -1.89. The zero-order chi connectivity index (χ0) is 15.4. The third kappa shape index (κ3) is 5.33. The molecule has 2 aromatic rings. The van der Waals surface area contributed by atoms with Crippen LogP contribution in [0.1, 0.15) is 12.8 Å². The van der Waals surface area contributed by atoms with Crippen LogP contribution in [0.4, 0.5) is 10.1 Å². The lowest BCUT2D eigenvalue weighted by Gasteiger charge is -2.11. The fraction of sp³-hybridized carbons (Fsp3) is 0.250. The van der Waals surface area contributed by atoms with Crippen LogP contribution in [-0.4, -0.2) is 23.5 Å². The number of hydrogen-bond acceptors (Lipinski definition) is 4. The molecule has 0 radical (unpaired) electrons. The number of nitrogens with zero attached hydrogens (tertiary/aromatic N) is 1. The van der Waals surface area contributed by atoms with E-state index >= 15 is 0 Å². The van der Waals surface area contributed by atoms with E-state index in [9.17, 15) is 9.18 Å². The number of ether oxygens (including phenoxy) is 1. The van der Waals surface area contributed by atoms with Gasteiger partial charge >= 0.3 is 0 Å². The van der Waals surface area contributed by atoms with E-state index in [1.165, 1.54) is 30.5 Å². The molecule has 1 saturated heterocycles. The van der Waals surface area contributed by atoms with Crippen molar-refractivity contribution in [2.24, 2.45) is 0 Å². The number of nitrogens with one attached hydrogen (secondary N) is 2. The standard InChI is InChI=1S/C16H16FN3O2.2ClH/c17-11-3-6-13(7-4-11)22-15-8-5-12(10-19-15)20-16(21)14-2-1-9-18-14;;/h3-8,10,14,18H,1-2,9H2,(H,20,21);2*1H. The smallest absolute Gasteiger partial charge is 0.241 e. The van der Waals surface area contributed by atoms with Crippen molar-refractivity contribution in [3.63, 3.8) is 0 Å². The summed E-state index contributed by atoms with van der Waals surface area (Å²) < 4.78 is 18.3. The van der Waals surface area contributed by atoms with E-state index < -0.39 is 0 Å². The average Bonchev–Trinajstić information content (AvgIpc) is 3.06. The highest BCUT2D eigenvalue weighted by atomic mass is 35.5. The molecule has 2 heterocycles. The quantitative estimate of drug-likeness (QED) is 0.859. The van der Waals surface area contributed by atoms with Crippen LogP contribution < -0.4 is 15.4 Å². The van der Waals surface area contributed by atoms with Gasteiger partial charge in [0.2, 0.25) is 11.8 Å². The first-order valence-corrected chi connectivity index (χ1v) is 7.14. The van der Waals surface area contributed by atoms with Crippen LogP contribution >= 0.6 is 24.8 Å². The first-order chi connectivity index (χ1) is 10.7. The number of benzene rings is 1. The maximum Gasteiger partial charge on any atom is 0.241 e. The highest BCUT2D eigenvalue weighted by molar-refractivity contribution is 5.94. The Morgan fingerprint density at radius 1 is 1.21 bits per heavy atom. The van der Waals surface area contributed by atoms with Gasteiger partial charge in [-0.3, -0.25) is 4.79 Å². The van der Waals surface area contributed by atoms with Gasteiger partial charge in [0.1, 0.15) is 11.6 Å². The first kappa shape index (κ1) is 20.2.